The molecule has 0 aromatic heterocycles. The van der Waals surface area contributed by atoms with E-state index < -0.39 is 11.0 Å². The van der Waals surface area contributed by atoms with Gasteiger partial charge in [0.1, 0.15) is 11.8 Å². The van der Waals surface area contributed by atoms with Gasteiger partial charge in [0, 0.05) is 17.4 Å². The molecule has 0 radical (unpaired) electrons. The number of nitro groups is 1. The van der Waals surface area contributed by atoms with Gasteiger partial charge in [0.15, 0.2) is 0 Å². The van der Waals surface area contributed by atoms with E-state index in [1.165, 1.54) is 37.5 Å². The summed E-state index contributed by atoms with van der Waals surface area (Å²) < 4.78 is 5.17. The Morgan fingerprint density at radius 3 is 2.48 bits per heavy atom. The fourth-order valence-electron chi connectivity index (χ4n) is 3.66. The van der Waals surface area contributed by atoms with Crippen molar-refractivity contribution in [3.05, 3.63) is 52.6 Å². The second-order valence-electron chi connectivity index (χ2n) is 7.63. The SMILES string of the molecule is CC[NH+]1CCN(c2ccc(N[C@@H](C)C(=O)Nc3ccc([N+](=O)[O-])cc3OC)cc2)CC1. The van der Waals surface area contributed by atoms with E-state index in [2.05, 4.69) is 34.6 Å². The normalized spacial score (nSPS) is 15.3. The highest BCUT2D eigenvalue weighted by Crippen LogP contribution is 2.29. The number of methoxy groups -OCH3 is 1. The van der Waals surface area contributed by atoms with Gasteiger partial charge in [-0.1, -0.05) is 0 Å². The van der Waals surface area contributed by atoms with Crippen molar-refractivity contribution in [1.82, 2.24) is 0 Å². The van der Waals surface area contributed by atoms with E-state index in [-0.39, 0.29) is 17.3 Å². The summed E-state index contributed by atoms with van der Waals surface area (Å²) in [5, 5.41) is 16.9. The van der Waals surface area contributed by atoms with Crippen LogP contribution in [0.25, 0.3) is 0 Å². The molecule has 9 heteroatoms. The molecule has 31 heavy (non-hydrogen) atoms. The van der Waals surface area contributed by atoms with E-state index in [1.807, 2.05) is 12.1 Å². The molecule has 1 aliphatic rings. The minimum absolute atomic E-state index is 0.0985. The summed E-state index contributed by atoms with van der Waals surface area (Å²) in [7, 11) is 1.40. The zero-order valence-corrected chi connectivity index (χ0v) is 18.2. The molecule has 2 aromatic rings. The first-order chi connectivity index (χ1) is 14.9. The Kier molecular flexibility index (Phi) is 7.30. The molecule has 1 atom stereocenters. The number of ether oxygens (including phenoxy) is 1. The van der Waals surface area contributed by atoms with Crippen molar-refractivity contribution in [2.45, 2.75) is 19.9 Å². The molecule has 0 aliphatic carbocycles. The van der Waals surface area contributed by atoms with Crippen LogP contribution in [-0.4, -0.2) is 56.7 Å². The van der Waals surface area contributed by atoms with Crippen LogP contribution in [0.1, 0.15) is 13.8 Å². The van der Waals surface area contributed by atoms with Crippen molar-refractivity contribution in [2.75, 3.05) is 55.4 Å². The van der Waals surface area contributed by atoms with E-state index in [0.717, 1.165) is 31.9 Å². The van der Waals surface area contributed by atoms with E-state index in [9.17, 15) is 14.9 Å². The molecule has 0 spiro atoms. The molecule has 1 saturated heterocycles. The third kappa shape index (κ3) is 5.64. The number of rotatable bonds is 8. The molecule has 1 amide bonds. The fraction of sp³-hybridized carbons (Fsp3) is 0.409. The highest BCUT2D eigenvalue weighted by molar-refractivity contribution is 5.97. The summed E-state index contributed by atoms with van der Waals surface area (Å²) >= 11 is 0. The summed E-state index contributed by atoms with van der Waals surface area (Å²) in [5.74, 6) is -0.0287. The van der Waals surface area contributed by atoms with Crippen LogP contribution in [0.2, 0.25) is 0 Å². The van der Waals surface area contributed by atoms with Gasteiger partial charge in [-0.05, 0) is 44.2 Å². The average Bonchev–Trinajstić information content (AvgIpc) is 2.79. The molecular weight excluding hydrogens is 398 g/mol. The molecular formula is C22H30N5O4+. The number of carbonyl (C=O) groups is 1. The summed E-state index contributed by atoms with van der Waals surface area (Å²) in [4.78, 5) is 27.0. The number of nitrogens with zero attached hydrogens (tertiary/aromatic N) is 2. The van der Waals surface area contributed by atoms with Crippen LogP contribution < -0.4 is 25.2 Å². The number of carbonyl (C=O) groups excluding carboxylic acids is 1. The highest BCUT2D eigenvalue weighted by Gasteiger charge is 2.20. The van der Waals surface area contributed by atoms with Crippen LogP contribution in [0.4, 0.5) is 22.7 Å². The van der Waals surface area contributed by atoms with Gasteiger partial charge in [-0.25, -0.2) is 0 Å². The molecule has 0 bridgehead atoms. The predicted octanol–water partition coefficient (Wildman–Crippen LogP) is 1.77. The number of quaternary nitrogens is 1. The molecule has 0 unspecified atom stereocenters. The minimum Gasteiger partial charge on any atom is -0.494 e. The molecule has 3 rings (SSSR count). The zero-order valence-electron chi connectivity index (χ0n) is 18.2. The molecule has 1 aliphatic heterocycles. The number of piperazine rings is 1. The Labute approximate surface area is 182 Å². The maximum atomic E-state index is 12.6. The second-order valence-corrected chi connectivity index (χ2v) is 7.63. The fourth-order valence-corrected chi connectivity index (χ4v) is 3.66. The highest BCUT2D eigenvalue weighted by atomic mass is 16.6. The Balaban J connectivity index is 1.58. The predicted molar refractivity (Wildman–Crippen MR) is 121 cm³/mol. The molecule has 1 heterocycles. The number of non-ortho nitro benzene ring substituents is 1. The molecule has 0 saturated carbocycles. The summed E-state index contributed by atoms with van der Waals surface area (Å²) in [6, 6.07) is 11.7. The second kappa shape index (κ2) is 10.1. The number of hydrogen-bond acceptors (Lipinski definition) is 6. The van der Waals surface area contributed by atoms with Gasteiger partial charge < -0.3 is 25.2 Å². The van der Waals surface area contributed by atoms with E-state index in [0.29, 0.717) is 5.69 Å². The molecule has 1 fully saturated rings. The monoisotopic (exact) mass is 428 g/mol. The average molecular weight is 429 g/mol. The van der Waals surface area contributed by atoms with Crippen molar-refractivity contribution < 1.29 is 19.4 Å². The van der Waals surface area contributed by atoms with Crippen molar-refractivity contribution in [1.29, 1.82) is 0 Å². The van der Waals surface area contributed by atoms with Gasteiger partial charge in [0.25, 0.3) is 5.69 Å². The number of hydrogen-bond donors (Lipinski definition) is 3. The van der Waals surface area contributed by atoms with Gasteiger partial charge in [0.05, 0.1) is 56.5 Å². The van der Waals surface area contributed by atoms with Gasteiger partial charge in [0.2, 0.25) is 5.91 Å². The standard InChI is InChI=1S/C22H29N5O4/c1-4-25-11-13-26(14-12-25)18-7-5-17(6-8-18)23-16(2)22(28)24-20-10-9-19(27(29)30)15-21(20)31-3/h5-10,15-16,23H,4,11-14H2,1-3H3,(H,24,28)/p+1/t16-/m0/s1. The minimum atomic E-state index is -0.512. The first kappa shape index (κ1) is 22.4. The molecule has 166 valence electrons. The lowest BCUT2D eigenvalue weighted by atomic mass is 10.2. The smallest absolute Gasteiger partial charge is 0.273 e. The van der Waals surface area contributed by atoms with E-state index in [1.54, 1.807) is 11.8 Å². The molecule has 2 aromatic carbocycles. The van der Waals surface area contributed by atoms with Crippen LogP contribution in [0, 0.1) is 10.1 Å². The maximum absolute atomic E-state index is 12.6. The Bertz CT molecular complexity index is 911. The lowest BCUT2D eigenvalue weighted by molar-refractivity contribution is -0.898. The van der Waals surface area contributed by atoms with Crippen molar-refractivity contribution >= 4 is 28.7 Å². The van der Waals surface area contributed by atoms with Crippen molar-refractivity contribution in [2.24, 2.45) is 0 Å². The zero-order chi connectivity index (χ0) is 22.4. The van der Waals surface area contributed by atoms with Gasteiger partial charge in [-0.15, -0.1) is 0 Å². The van der Waals surface area contributed by atoms with Crippen molar-refractivity contribution in [3.8, 4) is 5.75 Å². The van der Waals surface area contributed by atoms with Crippen LogP contribution >= 0.6 is 0 Å². The number of amides is 1. The first-order valence-electron chi connectivity index (χ1n) is 10.5. The van der Waals surface area contributed by atoms with Gasteiger partial charge >= 0.3 is 0 Å². The lowest BCUT2D eigenvalue weighted by Gasteiger charge is -2.33. The van der Waals surface area contributed by atoms with Crippen molar-refractivity contribution in [3.63, 3.8) is 0 Å². The van der Waals surface area contributed by atoms with E-state index >= 15 is 0 Å². The lowest BCUT2D eigenvalue weighted by Crippen LogP contribution is -3.14. The topological polar surface area (TPSA) is 101 Å². The first-order valence-corrected chi connectivity index (χ1v) is 10.5. The van der Waals surface area contributed by atoms with Gasteiger partial charge in [-0.2, -0.15) is 0 Å². The van der Waals surface area contributed by atoms with Crippen LogP contribution in [0.5, 0.6) is 5.75 Å². The number of benzene rings is 2. The van der Waals surface area contributed by atoms with Crippen LogP contribution in [-0.2, 0) is 4.79 Å². The third-order valence-corrected chi connectivity index (χ3v) is 5.63. The number of anilines is 3. The number of likely N-dealkylation sites (N-methyl/N-ethyl adjacent to an activating group) is 1. The van der Waals surface area contributed by atoms with Crippen LogP contribution in [0.3, 0.4) is 0 Å². The third-order valence-electron chi connectivity index (χ3n) is 5.63. The number of nitrogens with one attached hydrogen (secondary N) is 3. The van der Waals surface area contributed by atoms with E-state index in [4.69, 9.17) is 4.74 Å². The quantitative estimate of drug-likeness (QED) is 0.438. The maximum Gasteiger partial charge on any atom is 0.273 e. The Morgan fingerprint density at radius 1 is 1.23 bits per heavy atom. The van der Waals surface area contributed by atoms with Crippen LogP contribution in [0.15, 0.2) is 42.5 Å². The Hall–Kier alpha value is -3.33. The Morgan fingerprint density at radius 2 is 1.90 bits per heavy atom. The molecule has 9 nitrogen and oxygen atoms in total. The van der Waals surface area contributed by atoms with Gasteiger partial charge in [-0.3, -0.25) is 14.9 Å². The molecule has 3 N–H and O–H groups in total. The largest absolute Gasteiger partial charge is 0.494 e. The summed E-state index contributed by atoms with van der Waals surface area (Å²) in [6.07, 6.45) is 0. The summed E-state index contributed by atoms with van der Waals surface area (Å²) in [6.45, 7) is 9.55. The summed E-state index contributed by atoms with van der Waals surface area (Å²) in [5.41, 5.74) is 2.32. The number of nitro benzene ring substituents is 1.